The molecule has 0 radical (unpaired) electrons. The van der Waals surface area contributed by atoms with Crippen molar-refractivity contribution < 1.29 is 19.4 Å². The lowest BCUT2D eigenvalue weighted by molar-refractivity contribution is -0.150. The Balaban J connectivity index is 2.14. The molecule has 6 heteroatoms. The van der Waals surface area contributed by atoms with E-state index in [1.165, 1.54) is 7.11 Å². The normalized spacial score (nSPS) is 11.8. The van der Waals surface area contributed by atoms with Crippen molar-refractivity contribution in [2.24, 2.45) is 0 Å². The second kappa shape index (κ2) is 7.60. The molecule has 0 spiro atoms. The van der Waals surface area contributed by atoms with Crippen molar-refractivity contribution in [1.29, 1.82) is 0 Å². The van der Waals surface area contributed by atoms with E-state index >= 15 is 0 Å². The van der Waals surface area contributed by atoms with Gasteiger partial charge in [-0.2, -0.15) is 5.10 Å². The fraction of sp³-hybridized carbons (Fsp3) is 0.294. The lowest BCUT2D eigenvalue weighted by atomic mass is 10.1. The minimum atomic E-state index is -1.23. The summed E-state index contributed by atoms with van der Waals surface area (Å²) in [4.78, 5) is 11.3. The lowest BCUT2D eigenvalue weighted by Gasteiger charge is -2.06. The zero-order valence-electron chi connectivity index (χ0n) is 13.2. The molecule has 1 aromatic heterocycles. The molecular formula is C17H20N2O4. The van der Waals surface area contributed by atoms with E-state index in [9.17, 15) is 9.90 Å². The predicted octanol–water partition coefficient (Wildman–Crippen LogP) is 1.66. The molecule has 0 aliphatic carbocycles. The van der Waals surface area contributed by atoms with Crippen molar-refractivity contribution in [2.75, 3.05) is 14.2 Å². The van der Waals surface area contributed by atoms with Crippen LogP contribution in [0.4, 0.5) is 0 Å². The van der Waals surface area contributed by atoms with E-state index in [-0.39, 0.29) is 6.42 Å². The summed E-state index contributed by atoms with van der Waals surface area (Å²) < 4.78 is 11.4. The molecule has 122 valence electrons. The second-order valence-electron chi connectivity index (χ2n) is 5.02. The summed E-state index contributed by atoms with van der Waals surface area (Å²) in [7, 11) is 2.86. The zero-order valence-corrected chi connectivity index (χ0v) is 13.2. The van der Waals surface area contributed by atoms with Gasteiger partial charge in [-0.1, -0.05) is 24.8 Å². The molecule has 0 bridgehead atoms. The van der Waals surface area contributed by atoms with Gasteiger partial charge in [0.05, 0.1) is 26.5 Å². The molecule has 2 aromatic rings. The number of benzene rings is 1. The highest BCUT2D eigenvalue weighted by molar-refractivity contribution is 5.74. The predicted molar refractivity (Wildman–Crippen MR) is 86.1 cm³/mol. The van der Waals surface area contributed by atoms with Gasteiger partial charge in [0.15, 0.2) is 6.10 Å². The summed E-state index contributed by atoms with van der Waals surface area (Å²) >= 11 is 0. The van der Waals surface area contributed by atoms with Crippen molar-refractivity contribution in [3.63, 3.8) is 0 Å². The number of esters is 1. The van der Waals surface area contributed by atoms with E-state index in [2.05, 4.69) is 16.4 Å². The summed E-state index contributed by atoms with van der Waals surface area (Å²) in [5.41, 5.74) is 2.44. The van der Waals surface area contributed by atoms with Gasteiger partial charge in [-0.25, -0.2) is 4.79 Å². The number of methoxy groups -OCH3 is 2. The molecule has 0 fully saturated rings. The highest BCUT2D eigenvalue weighted by Crippen LogP contribution is 2.15. The van der Waals surface area contributed by atoms with Crippen LogP contribution < -0.4 is 4.74 Å². The summed E-state index contributed by atoms with van der Waals surface area (Å²) in [6.07, 6.45) is 2.33. The van der Waals surface area contributed by atoms with Crippen LogP contribution in [0.15, 0.2) is 37.0 Å². The first-order valence-corrected chi connectivity index (χ1v) is 7.15. The average Bonchev–Trinajstić information content (AvgIpc) is 2.96. The Morgan fingerprint density at radius 1 is 1.39 bits per heavy atom. The molecule has 2 rings (SSSR count). The first-order valence-electron chi connectivity index (χ1n) is 7.15. The molecular weight excluding hydrogens is 296 g/mol. The summed E-state index contributed by atoms with van der Waals surface area (Å²) in [5.74, 6) is 0.118. The van der Waals surface area contributed by atoms with Gasteiger partial charge in [0.1, 0.15) is 5.75 Å². The number of aromatic nitrogens is 2. The first kappa shape index (κ1) is 16.8. The van der Waals surface area contributed by atoms with E-state index in [4.69, 9.17) is 4.74 Å². The molecule has 0 amide bonds. The SMILES string of the molecule is C=Cc1cn(Cc2ccc(OC)cc2)nc1CC(O)C(=O)OC. The Hall–Kier alpha value is -2.60. The summed E-state index contributed by atoms with van der Waals surface area (Å²) in [6, 6.07) is 7.68. The highest BCUT2D eigenvalue weighted by atomic mass is 16.5. The van der Waals surface area contributed by atoms with E-state index in [0.29, 0.717) is 12.2 Å². The van der Waals surface area contributed by atoms with E-state index in [1.807, 2.05) is 30.5 Å². The van der Waals surface area contributed by atoms with Crippen LogP contribution >= 0.6 is 0 Å². The molecule has 0 saturated heterocycles. The number of ether oxygens (including phenoxy) is 2. The Bertz CT molecular complexity index is 676. The fourth-order valence-electron chi connectivity index (χ4n) is 2.21. The maximum absolute atomic E-state index is 11.3. The number of aliphatic hydroxyl groups is 1. The molecule has 1 atom stereocenters. The van der Waals surface area contributed by atoms with Crippen LogP contribution in [0.1, 0.15) is 16.8 Å². The Morgan fingerprint density at radius 2 is 2.09 bits per heavy atom. The average molecular weight is 316 g/mol. The maximum atomic E-state index is 11.3. The van der Waals surface area contributed by atoms with Crippen LogP contribution in [-0.2, 0) is 22.5 Å². The molecule has 0 aliphatic rings. The zero-order chi connectivity index (χ0) is 16.8. The third kappa shape index (κ3) is 4.20. The molecule has 6 nitrogen and oxygen atoms in total. The van der Waals surface area contributed by atoms with Gasteiger partial charge in [0.25, 0.3) is 0 Å². The molecule has 1 aromatic carbocycles. The van der Waals surface area contributed by atoms with Gasteiger partial charge >= 0.3 is 5.97 Å². The maximum Gasteiger partial charge on any atom is 0.335 e. The van der Waals surface area contributed by atoms with Crippen molar-refractivity contribution in [2.45, 2.75) is 19.1 Å². The lowest BCUT2D eigenvalue weighted by Crippen LogP contribution is -2.24. The molecule has 0 aliphatic heterocycles. The second-order valence-corrected chi connectivity index (χ2v) is 5.02. The number of hydrogen-bond donors (Lipinski definition) is 1. The largest absolute Gasteiger partial charge is 0.497 e. The Kier molecular flexibility index (Phi) is 5.54. The van der Waals surface area contributed by atoms with Gasteiger partial charge in [0.2, 0.25) is 0 Å². The molecule has 1 N–H and O–H groups in total. The van der Waals surface area contributed by atoms with Crippen LogP contribution in [0.5, 0.6) is 5.75 Å². The van der Waals surface area contributed by atoms with Crippen LogP contribution in [0.25, 0.3) is 6.08 Å². The van der Waals surface area contributed by atoms with Gasteiger partial charge in [-0.3, -0.25) is 4.68 Å². The highest BCUT2D eigenvalue weighted by Gasteiger charge is 2.19. The quantitative estimate of drug-likeness (QED) is 0.786. The van der Waals surface area contributed by atoms with Crippen LogP contribution in [0.3, 0.4) is 0 Å². The van der Waals surface area contributed by atoms with Gasteiger partial charge in [0, 0.05) is 18.2 Å². The van der Waals surface area contributed by atoms with Crippen LogP contribution in [0, 0.1) is 0 Å². The van der Waals surface area contributed by atoms with Gasteiger partial charge in [-0.05, 0) is 17.7 Å². The summed E-state index contributed by atoms with van der Waals surface area (Å²) in [6.45, 7) is 4.31. The van der Waals surface area contributed by atoms with Crippen LogP contribution in [0.2, 0.25) is 0 Å². The van der Waals surface area contributed by atoms with Gasteiger partial charge < -0.3 is 14.6 Å². The third-order valence-electron chi connectivity index (χ3n) is 3.45. The smallest absolute Gasteiger partial charge is 0.335 e. The molecule has 23 heavy (non-hydrogen) atoms. The first-order chi connectivity index (χ1) is 11.1. The summed E-state index contributed by atoms with van der Waals surface area (Å²) in [5, 5.41) is 14.2. The number of aliphatic hydroxyl groups excluding tert-OH is 1. The van der Waals surface area contributed by atoms with Crippen molar-refractivity contribution in [3.8, 4) is 5.75 Å². The van der Waals surface area contributed by atoms with Crippen molar-refractivity contribution >= 4 is 12.0 Å². The minimum Gasteiger partial charge on any atom is -0.497 e. The Labute approximate surface area is 135 Å². The number of hydrogen-bond acceptors (Lipinski definition) is 5. The van der Waals surface area contributed by atoms with E-state index in [1.54, 1.807) is 17.9 Å². The molecule has 1 unspecified atom stereocenters. The minimum absolute atomic E-state index is 0.0869. The number of rotatable bonds is 7. The number of carbonyl (C=O) groups excluding carboxylic acids is 1. The number of carbonyl (C=O) groups is 1. The third-order valence-corrected chi connectivity index (χ3v) is 3.45. The van der Waals surface area contributed by atoms with E-state index < -0.39 is 12.1 Å². The molecule has 0 saturated carbocycles. The molecule has 1 heterocycles. The monoisotopic (exact) mass is 316 g/mol. The Morgan fingerprint density at radius 3 is 2.65 bits per heavy atom. The van der Waals surface area contributed by atoms with E-state index in [0.717, 1.165) is 16.9 Å². The standard InChI is InChI=1S/C17H20N2O4/c1-4-13-11-19(10-12-5-7-14(22-2)8-6-12)18-15(13)9-16(20)17(21)23-3/h4-8,11,16,20H,1,9-10H2,2-3H3. The number of nitrogens with zero attached hydrogens (tertiary/aromatic N) is 2. The van der Waals surface area contributed by atoms with Crippen molar-refractivity contribution in [1.82, 2.24) is 9.78 Å². The van der Waals surface area contributed by atoms with Gasteiger partial charge in [-0.15, -0.1) is 0 Å². The topological polar surface area (TPSA) is 73.6 Å². The van der Waals surface area contributed by atoms with Crippen molar-refractivity contribution in [3.05, 3.63) is 53.9 Å². The van der Waals surface area contributed by atoms with Crippen LogP contribution in [-0.4, -0.2) is 41.2 Å². The fourth-order valence-corrected chi connectivity index (χ4v) is 2.21.